The van der Waals surface area contributed by atoms with Gasteiger partial charge in [-0.25, -0.2) is 0 Å². The molecule has 3 aromatic carbocycles. The molecule has 0 saturated carbocycles. The first-order valence-electron chi connectivity index (χ1n) is 10.2. The fraction of sp³-hybridized carbons (Fsp3) is 0.200. The molecule has 0 atom stereocenters. The minimum atomic E-state index is -0.235. The number of para-hydroxylation sites is 1. The first-order valence-corrected chi connectivity index (χ1v) is 10.2. The average molecular weight is 418 g/mol. The van der Waals surface area contributed by atoms with Crippen LogP contribution in [0.3, 0.4) is 0 Å². The number of benzene rings is 3. The summed E-state index contributed by atoms with van der Waals surface area (Å²) >= 11 is 0. The smallest absolute Gasteiger partial charge is 0.255 e. The molecule has 6 nitrogen and oxygen atoms in total. The van der Waals surface area contributed by atoms with Gasteiger partial charge in [-0.1, -0.05) is 31.2 Å². The summed E-state index contributed by atoms with van der Waals surface area (Å²) in [5.74, 6) is 1.15. The predicted molar refractivity (Wildman–Crippen MR) is 122 cm³/mol. The third kappa shape index (κ3) is 6.34. The van der Waals surface area contributed by atoms with Gasteiger partial charge in [-0.05, 0) is 61.0 Å². The lowest BCUT2D eigenvalue weighted by Crippen LogP contribution is -2.15. The van der Waals surface area contributed by atoms with Gasteiger partial charge in [0.25, 0.3) is 5.91 Å². The number of rotatable bonds is 9. The Hall–Kier alpha value is -3.80. The zero-order valence-electron chi connectivity index (χ0n) is 17.7. The Morgan fingerprint density at radius 1 is 0.742 bits per heavy atom. The minimum absolute atomic E-state index is 0.0728. The molecular formula is C25H26N2O4. The number of anilines is 2. The van der Waals surface area contributed by atoms with Crippen molar-refractivity contribution < 1.29 is 19.1 Å². The van der Waals surface area contributed by atoms with E-state index in [1.165, 1.54) is 0 Å². The predicted octanol–water partition coefficient (Wildman–Crippen LogP) is 5.05. The van der Waals surface area contributed by atoms with Crippen molar-refractivity contribution in [2.75, 3.05) is 23.8 Å². The standard InChI is InChI=1S/C25H26N2O4/c1-3-24(28)26-22-10-7-11-23(18(22)2)27-25(29)19-12-14-21(15-13-19)31-17-16-30-20-8-5-4-6-9-20/h4-15H,3,16-17H2,1-2H3,(H,26,28)(H,27,29). The van der Waals surface area contributed by atoms with Crippen LogP contribution in [0.15, 0.2) is 72.8 Å². The molecule has 6 heteroatoms. The number of carbonyl (C=O) groups excluding carboxylic acids is 2. The van der Waals surface area contributed by atoms with E-state index in [-0.39, 0.29) is 11.8 Å². The number of hydrogen-bond donors (Lipinski definition) is 2. The van der Waals surface area contributed by atoms with Crippen molar-refractivity contribution >= 4 is 23.2 Å². The Kier molecular flexibility index (Phi) is 7.65. The van der Waals surface area contributed by atoms with Crippen LogP contribution < -0.4 is 20.1 Å². The lowest BCUT2D eigenvalue weighted by atomic mass is 10.1. The highest BCUT2D eigenvalue weighted by atomic mass is 16.5. The largest absolute Gasteiger partial charge is 0.490 e. The van der Waals surface area contributed by atoms with Crippen LogP contribution in [0.1, 0.15) is 29.3 Å². The van der Waals surface area contributed by atoms with Crippen molar-refractivity contribution in [3.05, 3.63) is 83.9 Å². The molecule has 0 spiro atoms. The summed E-state index contributed by atoms with van der Waals surface area (Å²) in [4.78, 5) is 24.3. The van der Waals surface area contributed by atoms with E-state index >= 15 is 0 Å². The zero-order chi connectivity index (χ0) is 22.1. The molecule has 0 aliphatic carbocycles. The van der Waals surface area contributed by atoms with Crippen LogP contribution in [0.4, 0.5) is 11.4 Å². The van der Waals surface area contributed by atoms with Gasteiger partial charge in [0.15, 0.2) is 0 Å². The second kappa shape index (κ2) is 10.8. The number of ether oxygens (including phenoxy) is 2. The van der Waals surface area contributed by atoms with E-state index in [1.807, 2.05) is 43.3 Å². The molecule has 0 saturated heterocycles. The van der Waals surface area contributed by atoms with Crippen molar-refractivity contribution in [1.82, 2.24) is 0 Å². The minimum Gasteiger partial charge on any atom is -0.490 e. The number of hydrogen-bond acceptors (Lipinski definition) is 4. The van der Waals surface area contributed by atoms with Crippen molar-refractivity contribution in [3.8, 4) is 11.5 Å². The van der Waals surface area contributed by atoms with Gasteiger partial charge in [0, 0.05) is 23.4 Å². The molecule has 3 rings (SSSR count). The lowest BCUT2D eigenvalue weighted by Gasteiger charge is -2.13. The van der Waals surface area contributed by atoms with Gasteiger partial charge >= 0.3 is 0 Å². The summed E-state index contributed by atoms with van der Waals surface area (Å²) in [6.07, 6.45) is 0.392. The van der Waals surface area contributed by atoms with Crippen LogP contribution in [0.5, 0.6) is 11.5 Å². The Morgan fingerprint density at radius 3 is 1.94 bits per heavy atom. The second-order valence-corrected chi connectivity index (χ2v) is 6.87. The molecule has 160 valence electrons. The second-order valence-electron chi connectivity index (χ2n) is 6.87. The highest BCUT2D eigenvalue weighted by Gasteiger charge is 2.11. The van der Waals surface area contributed by atoms with Gasteiger partial charge in [-0.2, -0.15) is 0 Å². The zero-order valence-corrected chi connectivity index (χ0v) is 17.7. The maximum atomic E-state index is 12.6. The van der Waals surface area contributed by atoms with Gasteiger partial charge in [0.05, 0.1) is 0 Å². The fourth-order valence-corrected chi connectivity index (χ4v) is 2.88. The van der Waals surface area contributed by atoms with Crippen LogP contribution in [0.2, 0.25) is 0 Å². The molecule has 0 radical (unpaired) electrons. The average Bonchev–Trinajstić information content (AvgIpc) is 2.80. The normalized spacial score (nSPS) is 10.3. The topological polar surface area (TPSA) is 76.7 Å². The van der Waals surface area contributed by atoms with Gasteiger partial charge in [-0.15, -0.1) is 0 Å². The quantitative estimate of drug-likeness (QED) is 0.477. The Balaban J connectivity index is 1.53. The summed E-state index contributed by atoms with van der Waals surface area (Å²) in [5.41, 5.74) is 2.65. The van der Waals surface area contributed by atoms with E-state index in [9.17, 15) is 9.59 Å². The number of amides is 2. The van der Waals surface area contributed by atoms with Gasteiger partial charge in [-0.3, -0.25) is 9.59 Å². The molecule has 0 unspecified atom stereocenters. The van der Waals surface area contributed by atoms with Crippen LogP contribution in [0.25, 0.3) is 0 Å². The molecule has 0 aliphatic rings. The van der Waals surface area contributed by atoms with Crippen LogP contribution in [-0.2, 0) is 4.79 Å². The van der Waals surface area contributed by atoms with Crippen LogP contribution >= 0.6 is 0 Å². The summed E-state index contributed by atoms with van der Waals surface area (Å²) in [7, 11) is 0. The third-order valence-corrected chi connectivity index (χ3v) is 4.66. The van der Waals surface area contributed by atoms with Crippen molar-refractivity contribution in [2.45, 2.75) is 20.3 Å². The third-order valence-electron chi connectivity index (χ3n) is 4.66. The first kappa shape index (κ1) is 21.9. The monoisotopic (exact) mass is 418 g/mol. The number of carbonyl (C=O) groups is 2. The first-order chi connectivity index (χ1) is 15.1. The van der Waals surface area contributed by atoms with Crippen molar-refractivity contribution in [3.63, 3.8) is 0 Å². The Morgan fingerprint density at radius 2 is 1.32 bits per heavy atom. The van der Waals surface area contributed by atoms with Gasteiger partial charge in [0.2, 0.25) is 5.91 Å². The van der Waals surface area contributed by atoms with E-state index in [4.69, 9.17) is 9.47 Å². The molecule has 0 fully saturated rings. The summed E-state index contributed by atoms with van der Waals surface area (Å²) < 4.78 is 11.3. The Bertz CT molecular complexity index is 1020. The fourth-order valence-electron chi connectivity index (χ4n) is 2.88. The van der Waals surface area contributed by atoms with Gasteiger partial charge < -0.3 is 20.1 Å². The molecule has 3 aromatic rings. The summed E-state index contributed by atoms with van der Waals surface area (Å²) in [5, 5.41) is 5.74. The van der Waals surface area contributed by atoms with Gasteiger partial charge in [0.1, 0.15) is 24.7 Å². The molecule has 0 aromatic heterocycles. The SMILES string of the molecule is CCC(=O)Nc1cccc(NC(=O)c2ccc(OCCOc3ccccc3)cc2)c1C. The maximum absolute atomic E-state index is 12.6. The maximum Gasteiger partial charge on any atom is 0.255 e. The molecule has 0 bridgehead atoms. The van der Waals surface area contributed by atoms with E-state index in [0.29, 0.717) is 42.3 Å². The molecule has 2 N–H and O–H groups in total. The lowest BCUT2D eigenvalue weighted by molar-refractivity contribution is -0.115. The number of nitrogens with one attached hydrogen (secondary N) is 2. The van der Waals surface area contributed by atoms with E-state index < -0.39 is 0 Å². The molecule has 0 aliphatic heterocycles. The van der Waals surface area contributed by atoms with Crippen molar-refractivity contribution in [2.24, 2.45) is 0 Å². The van der Waals surface area contributed by atoms with E-state index in [2.05, 4.69) is 10.6 Å². The van der Waals surface area contributed by atoms with Crippen LogP contribution in [-0.4, -0.2) is 25.0 Å². The highest BCUT2D eigenvalue weighted by Crippen LogP contribution is 2.24. The molecule has 2 amide bonds. The molecular weight excluding hydrogens is 392 g/mol. The highest BCUT2D eigenvalue weighted by molar-refractivity contribution is 6.05. The molecule has 31 heavy (non-hydrogen) atoms. The molecule has 0 heterocycles. The van der Waals surface area contributed by atoms with Crippen molar-refractivity contribution in [1.29, 1.82) is 0 Å². The summed E-state index contributed by atoms with van der Waals surface area (Å²) in [6.45, 7) is 4.47. The van der Waals surface area contributed by atoms with E-state index in [0.717, 1.165) is 11.3 Å². The summed E-state index contributed by atoms with van der Waals surface area (Å²) in [6, 6.07) is 21.9. The Labute approximate surface area is 182 Å². The van der Waals surface area contributed by atoms with E-state index in [1.54, 1.807) is 43.3 Å². The van der Waals surface area contributed by atoms with Crippen LogP contribution in [0, 0.1) is 6.92 Å².